The molecule has 0 aliphatic heterocycles. The van der Waals surface area contributed by atoms with E-state index in [-0.39, 0.29) is 0 Å². The van der Waals surface area contributed by atoms with Crippen molar-refractivity contribution in [1.82, 2.24) is 0 Å². The molecule has 0 saturated heterocycles. The molecule has 0 N–H and O–H groups in total. The fraction of sp³-hybridized carbons (Fsp3) is 0.926. The molecule has 2 fully saturated rings. The molecular formula is C27H50N2. The normalized spacial score (nSPS) is 34.8. The van der Waals surface area contributed by atoms with Crippen LogP contribution < -0.4 is 0 Å². The van der Waals surface area contributed by atoms with Gasteiger partial charge in [-0.1, -0.05) is 41.5 Å². The van der Waals surface area contributed by atoms with E-state index in [1.807, 2.05) is 0 Å². The topological polar surface area (TPSA) is 24.7 Å². The maximum atomic E-state index is 5.11. The second kappa shape index (κ2) is 11.7. The van der Waals surface area contributed by atoms with E-state index in [0.29, 0.717) is 12.1 Å². The Hall–Kier alpha value is -0.660. The predicted molar refractivity (Wildman–Crippen MR) is 130 cm³/mol. The van der Waals surface area contributed by atoms with E-state index in [1.54, 1.807) is 0 Å². The van der Waals surface area contributed by atoms with Gasteiger partial charge in [-0.2, -0.15) is 0 Å². The highest BCUT2D eigenvalue weighted by molar-refractivity contribution is 5.82. The van der Waals surface area contributed by atoms with Crippen LogP contribution in [0.5, 0.6) is 0 Å². The summed E-state index contributed by atoms with van der Waals surface area (Å²) < 4.78 is 0. The van der Waals surface area contributed by atoms with Crippen molar-refractivity contribution >= 4 is 11.4 Å². The molecule has 0 radical (unpaired) electrons. The monoisotopic (exact) mass is 402 g/mol. The lowest BCUT2D eigenvalue weighted by molar-refractivity contribution is 0.169. The lowest BCUT2D eigenvalue weighted by Gasteiger charge is -2.37. The molecule has 6 unspecified atom stereocenters. The summed E-state index contributed by atoms with van der Waals surface area (Å²) in [5.74, 6) is 4.83. The summed E-state index contributed by atoms with van der Waals surface area (Å²) in [5.41, 5.74) is 2.74. The first kappa shape index (κ1) is 24.6. The van der Waals surface area contributed by atoms with Crippen molar-refractivity contribution in [3.8, 4) is 0 Å². The largest absolute Gasteiger partial charge is 0.291 e. The summed E-state index contributed by atoms with van der Waals surface area (Å²) in [5, 5.41) is 0. The van der Waals surface area contributed by atoms with E-state index < -0.39 is 0 Å². The minimum atomic E-state index is 0.581. The highest BCUT2D eigenvalue weighted by Gasteiger charge is 2.32. The maximum absolute atomic E-state index is 5.11. The maximum Gasteiger partial charge on any atom is 0.0524 e. The Morgan fingerprint density at radius 2 is 1.07 bits per heavy atom. The van der Waals surface area contributed by atoms with Gasteiger partial charge in [-0.25, -0.2) is 0 Å². The van der Waals surface area contributed by atoms with Crippen LogP contribution in [-0.4, -0.2) is 23.5 Å². The van der Waals surface area contributed by atoms with Gasteiger partial charge >= 0.3 is 0 Å². The molecule has 0 aromatic carbocycles. The molecule has 2 saturated carbocycles. The molecule has 6 atom stereocenters. The standard InChI is InChI=1S/C27H50N2/c1-18(2)13-22(7)28-26-11-9-24(15-20(26)5)17-25-10-12-27(21(6)16-25)29-23(8)14-19(3)4/h18-21,24-27H,9-17H2,1-8H3/b28-22+,29-23+. The van der Waals surface area contributed by atoms with Gasteiger partial charge in [0.15, 0.2) is 0 Å². The van der Waals surface area contributed by atoms with Gasteiger partial charge in [-0.15, -0.1) is 0 Å². The molecule has 0 heterocycles. The van der Waals surface area contributed by atoms with Crippen LogP contribution in [0.4, 0.5) is 0 Å². The van der Waals surface area contributed by atoms with Crippen molar-refractivity contribution in [3.05, 3.63) is 0 Å². The van der Waals surface area contributed by atoms with Crippen LogP contribution >= 0.6 is 0 Å². The van der Waals surface area contributed by atoms with E-state index >= 15 is 0 Å². The Labute approximate surface area is 182 Å². The van der Waals surface area contributed by atoms with Crippen LogP contribution in [0, 0.1) is 35.5 Å². The third-order valence-corrected chi connectivity index (χ3v) is 7.31. The van der Waals surface area contributed by atoms with E-state index in [4.69, 9.17) is 9.98 Å². The first-order valence-corrected chi connectivity index (χ1v) is 12.7. The quantitative estimate of drug-likeness (QED) is 0.367. The summed E-state index contributed by atoms with van der Waals surface area (Å²) in [4.78, 5) is 10.2. The summed E-state index contributed by atoms with van der Waals surface area (Å²) in [6, 6.07) is 1.16. The molecule has 2 aliphatic carbocycles. The average Bonchev–Trinajstić information content (AvgIpc) is 2.58. The van der Waals surface area contributed by atoms with Crippen LogP contribution in [-0.2, 0) is 0 Å². The average molecular weight is 403 g/mol. The molecule has 2 aliphatic rings. The number of rotatable bonds is 8. The Morgan fingerprint density at radius 3 is 1.38 bits per heavy atom. The predicted octanol–water partition coefficient (Wildman–Crippen LogP) is 8.00. The van der Waals surface area contributed by atoms with Crippen LogP contribution in [0.1, 0.15) is 113 Å². The van der Waals surface area contributed by atoms with Crippen LogP contribution in [0.25, 0.3) is 0 Å². The van der Waals surface area contributed by atoms with E-state index in [9.17, 15) is 0 Å². The second-order valence-corrected chi connectivity index (χ2v) is 11.6. The first-order valence-electron chi connectivity index (χ1n) is 12.7. The van der Waals surface area contributed by atoms with Crippen molar-refractivity contribution < 1.29 is 0 Å². The van der Waals surface area contributed by atoms with Crippen molar-refractivity contribution in [2.75, 3.05) is 0 Å². The first-order chi connectivity index (χ1) is 13.6. The molecule has 2 nitrogen and oxygen atoms in total. The molecule has 2 rings (SSSR count). The molecule has 0 aromatic rings. The fourth-order valence-corrected chi connectivity index (χ4v) is 6.12. The number of hydrogen-bond donors (Lipinski definition) is 0. The molecular weight excluding hydrogens is 352 g/mol. The fourth-order valence-electron chi connectivity index (χ4n) is 6.12. The zero-order valence-electron chi connectivity index (χ0n) is 20.9. The molecule has 0 aromatic heterocycles. The molecule has 0 amide bonds. The SMILES string of the molecule is C/C(CC(C)C)=N\C1CCC(CC2CCC(/N=C(\C)CC(C)C)C(C)C2)CC1C. The van der Waals surface area contributed by atoms with Gasteiger partial charge in [0.2, 0.25) is 0 Å². The molecule has 0 spiro atoms. The highest BCUT2D eigenvalue weighted by atomic mass is 14.8. The highest BCUT2D eigenvalue weighted by Crippen LogP contribution is 2.40. The van der Waals surface area contributed by atoms with Gasteiger partial charge in [0.1, 0.15) is 0 Å². The molecule has 2 heteroatoms. The van der Waals surface area contributed by atoms with Gasteiger partial charge in [-0.05, 0) is 107 Å². The zero-order chi connectivity index (χ0) is 21.6. The number of aliphatic imine (C=N–C) groups is 2. The Balaban J connectivity index is 1.80. The van der Waals surface area contributed by atoms with Gasteiger partial charge < -0.3 is 0 Å². The zero-order valence-corrected chi connectivity index (χ0v) is 20.9. The van der Waals surface area contributed by atoms with Crippen LogP contribution in [0.2, 0.25) is 0 Å². The van der Waals surface area contributed by atoms with Gasteiger partial charge in [-0.3, -0.25) is 9.98 Å². The third kappa shape index (κ3) is 8.54. The molecule has 29 heavy (non-hydrogen) atoms. The molecule has 0 bridgehead atoms. The van der Waals surface area contributed by atoms with Crippen molar-refractivity contribution in [2.45, 2.75) is 125 Å². The van der Waals surface area contributed by atoms with Crippen LogP contribution in [0.3, 0.4) is 0 Å². The lowest BCUT2D eigenvalue weighted by atomic mass is 9.70. The minimum absolute atomic E-state index is 0.581. The number of nitrogens with zero attached hydrogens (tertiary/aromatic N) is 2. The third-order valence-electron chi connectivity index (χ3n) is 7.31. The summed E-state index contributed by atoms with van der Waals surface area (Å²) in [7, 11) is 0. The van der Waals surface area contributed by atoms with E-state index in [1.165, 1.54) is 56.4 Å². The van der Waals surface area contributed by atoms with Gasteiger partial charge in [0.25, 0.3) is 0 Å². The Kier molecular flexibility index (Phi) is 9.89. The smallest absolute Gasteiger partial charge is 0.0524 e. The van der Waals surface area contributed by atoms with Crippen molar-refractivity contribution in [3.63, 3.8) is 0 Å². The summed E-state index contributed by atoms with van der Waals surface area (Å²) >= 11 is 0. The number of hydrogen-bond acceptors (Lipinski definition) is 2. The van der Waals surface area contributed by atoms with E-state index in [0.717, 1.165) is 48.3 Å². The van der Waals surface area contributed by atoms with Gasteiger partial charge in [0, 0.05) is 11.4 Å². The summed E-state index contributed by atoms with van der Waals surface area (Å²) in [6.45, 7) is 18.6. The van der Waals surface area contributed by atoms with E-state index in [2.05, 4.69) is 55.4 Å². The Morgan fingerprint density at radius 1 is 0.690 bits per heavy atom. The minimum Gasteiger partial charge on any atom is -0.291 e. The van der Waals surface area contributed by atoms with Crippen LogP contribution in [0.15, 0.2) is 9.98 Å². The molecule has 168 valence electrons. The van der Waals surface area contributed by atoms with Crippen molar-refractivity contribution in [1.29, 1.82) is 0 Å². The van der Waals surface area contributed by atoms with Gasteiger partial charge in [0.05, 0.1) is 12.1 Å². The second-order valence-electron chi connectivity index (χ2n) is 11.6. The summed E-state index contributed by atoms with van der Waals surface area (Å²) in [6.07, 6.45) is 12.0. The van der Waals surface area contributed by atoms with Crippen molar-refractivity contribution in [2.24, 2.45) is 45.5 Å². The lowest BCUT2D eigenvalue weighted by Crippen LogP contribution is -2.31. The Bertz CT molecular complexity index is 497.